The van der Waals surface area contributed by atoms with Gasteiger partial charge in [-0.05, 0) is 23.9 Å². The summed E-state index contributed by atoms with van der Waals surface area (Å²) in [6.07, 6.45) is -1.05. The van der Waals surface area contributed by atoms with Crippen molar-refractivity contribution in [1.82, 2.24) is 24.6 Å². The summed E-state index contributed by atoms with van der Waals surface area (Å²) in [6.45, 7) is 1.30. The summed E-state index contributed by atoms with van der Waals surface area (Å²) in [7, 11) is -2.84. The number of nitrogens with one attached hydrogen (secondary N) is 1. The van der Waals surface area contributed by atoms with Gasteiger partial charge in [0.25, 0.3) is 0 Å². The van der Waals surface area contributed by atoms with Crippen LogP contribution in [0.1, 0.15) is 25.1 Å². The summed E-state index contributed by atoms with van der Waals surface area (Å²) in [5.74, 6) is -0.243. The molecular formula is C31H33N6O8P. The van der Waals surface area contributed by atoms with E-state index in [1.807, 2.05) is 60.7 Å². The van der Waals surface area contributed by atoms with Gasteiger partial charge in [-0.1, -0.05) is 66.7 Å². The first-order valence-corrected chi connectivity index (χ1v) is 16.0. The van der Waals surface area contributed by atoms with Gasteiger partial charge in [0.2, 0.25) is 0 Å². The Bertz CT molecular complexity index is 1880. The van der Waals surface area contributed by atoms with Crippen molar-refractivity contribution in [1.29, 1.82) is 0 Å². The number of fused-ring (bicyclic) bond motifs is 2. The van der Waals surface area contributed by atoms with Crippen LogP contribution in [0.3, 0.4) is 0 Å². The molecule has 3 heterocycles. The van der Waals surface area contributed by atoms with Gasteiger partial charge >= 0.3 is 19.7 Å². The van der Waals surface area contributed by atoms with Gasteiger partial charge in [0.05, 0.1) is 26.1 Å². The van der Waals surface area contributed by atoms with Crippen molar-refractivity contribution >= 4 is 41.5 Å². The molecule has 4 N–H and O–H groups in total. The molecule has 1 fully saturated rings. The number of hydrogen-bond donors (Lipinski definition) is 3. The van der Waals surface area contributed by atoms with E-state index in [2.05, 4.69) is 20.0 Å². The van der Waals surface area contributed by atoms with E-state index < -0.39 is 38.2 Å². The molecule has 0 bridgehead atoms. The summed E-state index contributed by atoms with van der Waals surface area (Å²) in [5.41, 5.74) is 7.43. The number of carbonyl (C=O) groups excluding carboxylic acids is 1. The molecule has 1 saturated heterocycles. The number of benzene rings is 3. The third kappa shape index (κ3) is 6.81. The number of anilines is 1. The SMILES string of the molecule is COc1nc(N)c2ncn([C@@H]3O[C@H](COP(=O)(N[C@@H](C)C(=O)OCc4ccccc4)Oc4cccc5ccccc45)C[C@H]3O)c2n1. The van der Waals surface area contributed by atoms with Crippen LogP contribution in [-0.2, 0) is 30.0 Å². The van der Waals surface area contributed by atoms with Gasteiger partial charge in [-0.25, -0.2) is 9.55 Å². The quantitative estimate of drug-likeness (QED) is 0.130. The standard InChI is InChI=1S/C31H33N6O8P/c1-19(30(39)42-16-20-9-4-3-5-10-20)36-46(40,45-25-14-8-12-21-11-6-7-13-23(21)25)43-17-22-15-24(38)29(44-22)37-18-33-26-27(32)34-31(41-2)35-28(26)37/h3-14,18-19,22,24,29,38H,15-17H2,1-2H3,(H,36,40)(H2,32,34,35)/t19-,22-,24+,29+,46?/m0/s1. The fraction of sp³-hybridized carbons (Fsp3) is 0.290. The minimum absolute atomic E-state index is 0.0353. The number of imidazole rings is 1. The average molecular weight is 649 g/mol. The predicted octanol–water partition coefficient (Wildman–Crippen LogP) is 4.14. The van der Waals surface area contributed by atoms with Crippen LogP contribution in [0.15, 0.2) is 79.1 Å². The topological polar surface area (TPSA) is 182 Å². The maximum absolute atomic E-state index is 14.3. The molecule has 5 aromatic rings. The van der Waals surface area contributed by atoms with E-state index in [0.29, 0.717) is 22.3 Å². The Balaban J connectivity index is 1.19. The second-order valence-corrected chi connectivity index (χ2v) is 12.4. The van der Waals surface area contributed by atoms with Crippen LogP contribution < -0.4 is 20.1 Å². The van der Waals surface area contributed by atoms with Crippen molar-refractivity contribution in [2.24, 2.45) is 0 Å². The maximum Gasteiger partial charge on any atom is 0.459 e. The van der Waals surface area contributed by atoms with E-state index in [4.69, 9.17) is 29.0 Å². The molecule has 0 radical (unpaired) electrons. The highest BCUT2D eigenvalue weighted by Gasteiger charge is 2.40. The fourth-order valence-corrected chi connectivity index (χ4v) is 6.64. The van der Waals surface area contributed by atoms with Gasteiger partial charge in [-0.2, -0.15) is 15.1 Å². The minimum atomic E-state index is -4.24. The van der Waals surface area contributed by atoms with Crippen LogP contribution in [-0.4, -0.2) is 62.6 Å². The number of methoxy groups -OCH3 is 1. The summed E-state index contributed by atoms with van der Waals surface area (Å²) in [5, 5.41) is 15.2. The molecule has 46 heavy (non-hydrogen) atoms. The van der Waals surface area contributed by atoms with E-state index in [1.165, 1.54) is 24.9 Å². The normalized spacial score (nSPS) is 19.9. The number of nitrogens with two attached hydrogens (primary N) is 1. The molecule has 240 valence electrons. The Hall–Kier alpha value is -4.59. The zero-order valence-electron chi connectivity index (χ0n) is 25.1. The van der Waals surface area contributed by atoms with Gasteiger partial charge < -0.3 is 29.6 Å². The summed E-state index contributed by atoms with van der Waals surface area (Å²) >= 11 is 0. The number of hydrogen-bond acceptors (Lipinski definition) is 12. The van der Waals surface area contributed by atoms with Crippen molar-refractivity contribution in [3.8, 4) is 11.8 Å². The van der Waals surface area contributed by atoms with Crippen molar-refractivity contribution in [2.75, 3.05) is 19.5 Å². The Kier molecular flexibility index (Phi) is 9.15. The zero-order chi connectivity index (χ0) is 32.3. The van der Waals surface area contributed by atoms with Gasteiger partial charge in [0.1, 0.15) is 24.5 Å². The smallest absolute Gasteiger partial charge is 0.459 e. The Morgan fingerprint density at radius 3 is 2.70 bits per heavy atom. The number of carbonyl (C=O) groups is 1. The van der Waals surface area contributed by atoms with E-state index in [1.54, 1.807) is 12.1 Å². The van der Waals surface area contributed by atoms with E-state index in [0.717, 1.165) is 10.9 Å². The molecule has 1 aliphatic heterocycles. The minimum Gasteiger partial charge on any atom is -0.467 e. The lowest BCUT2D eigenvalue weighted by Gasteiger charge is -2.24. The summed E-state index contributed by atoms with van der Waals surface area (Å²) in [6, 6.07) is 20.9. The van der Waals surface area contributed by atoms with Gasteiger partial charge in [0.15, 0.2) is 23.2 Å². The maximum atomic E-state index is 14.3. The van der Waals surface area contributed by atoms with Crippen molar-refractivity contribution in [3.63, 3.8) is 0 Å². The van der Waals surface area contributed by atoms with Gasteiger partial charge in [-0.15, -0.1) is 0 Å². The first-order chi connectivity index (χ1) is 22.2. The number of nitrogens with zero attached hydrogens (tertiary/aromatic N) is 4. The molecule has 0 spiro atoms. The third-order valence-corrected chi connectivity index (χ3v) is 9.01. The third-order valence-electron chi connectivity index (χ3n) is 7.38. The van der Waals surface area contributed by atoms with Crippen LogP contribution in [0.4, 0.5) is 5.82 Å². The molecule has 0 aliphatic carbocycles. The lowest BCUT2D eigenvalue weighted by atomic mass is 10.1. The first-order valence-electron chi connectivity index (χ1n) is 14.5. The van der Waals surface area contributed by atoms with Crippen LogP contribution in [0.25, 0.3) is 21.9 Å². The molecular weight excluding hydrogens is 615 g/mol. The van der Waals surface area contributed by atoms with Gasteiger partial charge in [-0.3, -0.25) is 13.9 Å². The number of rotatable bonds is 12. The Morgan fingerprint density at radius 1 is 1.13 bits per heavy atom. The average Bonchev–Trinajstić information content (AvgIpc) is 3.66. The predicted molar refractivity (Wildman–Crippen MR) is 168 cm³/mol. The highest BCUT2D eigenvalue weighted by molar-refractivity contribution is 7.52. The van der Waals surface area contributed by atoms with E-state index in [9.17, 15) is 14.5 Å². The summed E-state index contributed by atoms with van der Waals surface area (Å²) < 4.78 is 44.4. The molecule has 0 amide bonds. The van der Waals surface area contributed by atoms with Gasteiger partial charge in [0, 0.05) is 11.8 Å². The molecule has 3 aromatic carbocycles. The largest absolute Gasteiger partial charge is 0.467 e. The van der Waals surface area contributed by atoms with Crippen molar-refractivity contribution in [3.05, 3.63) is 84.7 Å². The van der Waals surface area contributed by atoms with E-state index in [-0.39, 0.29) is 31.5 Å². The second kappa shape index (κ2) is 13.4. The lowest BCUT2D eigenvalue weighted by molar-refractivity contribution is -0.146. The Labute approximate surface area is 264 Å². The molecule has 15 heteroatoms. The number of nitrogen functional groups attached to an aromatic ring is 1. The van der Waals surface area contributed by atoms with Crippen LogP contribution in [0.2, 0.25) is 0 Å². The molecule has 6 rings (SSSR count). The fourth-order valence-electron chi connectivity index (χ4n) is 5.10. The highest BCUT2D eigenvalue weighted by atomic mass is 31.2. The monoisotopic (exact) mass is 648 g/mol. The number of ether oxygens (including phenoxy) is 3. The van der Waals surface area contributed by atoms with E-state index >= 15 is 0 Å². The second-order valence-electron chi connectivity index (χ2n) is 10.7. The molecule has 5 atom stereocenters. The zero-order valence-corrected chi connectivity index (χ0v) is 25.9. The molecule has 2 aromatic heterocycles. The molecule has 0 saturated carbocycles. The van der Waals surface area contributed by atoms with Crippen LogP contribution >= 0.6 is 7.75 Å². The van der Waals surface area contributed by atoms with Crippen LogP contribution in [0, 0.1) is 0 Å². The summed E-state index contributed by atoms with van der Waals surface area (Å²) in [4.78, 5) is 25.5. The number of esters is 1. The number of aliphatic hydroxyl groups excluding tert-OH is 1. The van der Waals surface area contributed by atoms with Crippen molar-refractivity contribution in [2.45, 2.75) is 44.4 Å². The molecule has 14 nitrogen and oxygen atoms in total. The lowest BCUT2D eigenvalue weighted by Crippen LogP contribution is -2.35. The highest BCUT2D eigenvalue weighted by Crippen LogP contribution is 2.47. The van der Waals surface area contributed by atoms with Crippen LogP contribution in [0.5, 0.6) is 11.8 Å². The first kappa shape index (κ1) is 31.4. The number of aliphatic hydroxyl groups is 1. The number of aromatic nitrogens is 4. The Morgan fingerprint density at radius 2 is 1.89 bits per heavy atom. The molecule has 1 unspecified atom stereocenters. The van der Waals surface area contributed by atoms with Crippen molar-refractivity contribution < 1.29 is 37.7 Å². The molecule has 1 aliphatic rings.